The Hall–Kier alpha value is -0.540. The SMILES string of the molecule is Cn1ccnc1CCNCC1CCCCC1Cl. The van der Waals surface area contributed by atoms with Crippen molar-refractivity contribution in [3.05, 3.63) is 18.2 Å². The summed E-state index contributed by atoms with van der Waals surface area (Å²) in [6.07, 6.45) is 9.95. The fourth-order valence-corrected chi connectivity index (χ4v) is 2.89. The number of hydrogen-bond donors (Lipinski definition) is 1. The van der Waals surface area contributed by atoms with Crippen molar-refractivity contribution >= 4 is 11.6 Å². The molecule has 1 aliphatic rings. The van der Waals surface area contributed by atoms with Gasteiger partial charge in [-0.15, -0.1) is 11.6 Å². The summed E-state index contributed by atoms with van der Waals surface area (Å²) in [4.78, 5) is 4.31. The Kier molecular flexibility index (Phi) is 4.86. The predicted octanol–water partition coefficient (Wildman–Crippen LogP) is 2.35. The Morgan fingerprint density at radius 2 is 2.29 bits per heavy atom. The highest BCUT2D eigenvalue weighted by molar-refractivity contribution is 6.20. The van der Waals surface area contributed by atoms with Gasteiger partial charge in [0, 0.05) is 37.8 Å². The highest BCUT2D eigenvalue weighted by Crippen LogP contribution is 2.27. The van der Waals surface area contributed by atoms with E-state index in [0.717, 1.165) is 25.3 Å². The standard InChI is InChI=1S/C13H22ClN3/c1-17-9-8-16-13(17)6-7-15-10-11-4-2-3-5-12(11)14/h8-9,11-12,15H,2-7,10H2,1H3. The second kappa shape index (κ2) is 6.41. The molecule has 1 aliphatic carbocycles. The molecule has 1 saturated carbocycles. The van der Waals surface area contributed by atoms with Crippen molar-refractivity contribution in [3.63, 3.8) is 0 Å². The van der Waals surface area contributed by atoms with E-state index in [0.29, 0.717) is 11.3 Å². The maximum Gasteiger partial charge on any atom is 0.109 e. The van der Waals surface area contributed by atoms with Crippen LogP contribution in [0.25, 0.3) is 0 Å². The first-order chi connectivity index (χ1) is 8.27. The molecule has 17 heavy (non-hydrogen) atoms. The van der Waals surface area contributed by atoms with Crippen LogP contribution >= 0.6 is 11.6 Å². The third-order valence-corrected chi connectivity index (χ3v) is 4.24. The molecule has 1 aromatic heterocycles. The third kappa shape index (κ3) is 3.71. The lowest BCUT2D eigenvalue weighted by atomic mass is 9.89. The van der Waals surface area contributed by atoms with Crippen LogP contribution in [0.1, 0.15) is 31.5 Å². The zero-order valence-electron chi connectivity index (χ0n) is 10.5. The van der Waals surface area contributed by atoms with Gasteiger partial charge in [-0.05, 0) is 25.3 Å². The molecule has 0 bridgehead atoms. The van der Waals surface area contributed by atoms with E-state index in [1.54, 1.807) is 0 Å². The molecule has 2 rings (SSSR count). The van der Waals surface area contributed by atoms with Crippen LogP contribution in [0.3, 0.4) is 0 Å². The van der Waals surface area contributed by atoms with Gasteiger partial charge in [0.2, 0.25) is 0 Å². The van der Waals surface area contributed by atoms with Crippen molar-refractivity contribution in [2.45, 2.75) is 37.5 Å². The third-order valence-electron chi connectivity index (χ3n) is 3.67. The number of halogens is 1. The molecule has 2 atom stereocenters. The largest absolute Gasteiger partial charge is 0.338 e. The molecule has 0 radical (unpaired) electrons. The van der Waals surface area contributed by atoms with Crippen LogP contribution < -0.4 is 5.32 Å². The van der Waals surface area contributed by atoms with Gasteiger partial charge in [0.25, 0.3) is 0 Å². The number of aromatic nitrogens is 2. The molecular formula is C13H22ClN3. The second-order valence-corrected chi connectivity index (χ2v) is 5.53. The second-order valence-electron chi connectivity index (χ2n) is 4.97. The highest BCUT2D eigenvalue weighted by atomic mass is 35.5. The van der Waals surface area contributed by atoms with E-state index >= 15 is 0 Å². The molecule has 1 fully saturated rings. The lowest BCUT2D eigenvalue weighted by Gasteiger charge is -2.27. The van der Waals surface area contributed by atoms with Gasteiger partial charge in [-0.1, -0.05) is 12.8 Å². The minimum Gasteiger partial charge on any atom is -0.338 e. The van der Waals surface area contributed by atoms with Crippen LogP contribution in [-0.4, -0.2) is 28.0 Å². The van der Waals surface area contributed by atoms with Crippen molar-refractivity contribution in [2.75, 3.05) is 13.1 Å². The summed E-state index contributed by atoms with van der Waals surface area (Å²) < 4.78 is 2.08. The van der Waals surface area contributed by atoms with Gasteiger partial charge in [-0.3, -0.25) is 0 Å². The molecule has 0 aliphatic heterocycles. The molecule has 3 nitrogen and oxygen atoms in total. The van der Waals surface area contributed by atoms with Crippen LogP contribution in [0, 0.1) is 5.92 Å². The zero-order chi connectivity index (χ0) is 12.1. The predicted molar refractivity (Wildman–Crippen MR) is 71.4 cm³/mol. The van der Waals surface area contributed by atoms with E-state index in [1.165, 1.54) is 25.7 Å². The average molecular weight is 256 g/mol. The smallest absolute Gasteiger partial charge is 0.109 e. The Morgan fingerprint density at radius 3 is 3.00 bits per heavy atom. The van der Waals surface area contributed by atoms with Gasteiger partial charge in [-0.25, -0.2) is 4.98 Å². The van der Waals surface area contributed by atoms with Crippen LogP contribution in [-0.2, 0) is 13.5 Å². The highest BCUT2D eigenvalue weighted by Gasteiger charge is 2.22. The zero-order valence-corrected chi connectivity index (χ0v) is 11.3. The van der Waals surface area contributed by atoms with E-state index in [1.807, 2.05) is 19.4 Å². The summed E-state index contributed by atoms with van der Waals surface area (Å²) in [5.41, 5.74) is 0. The molecule has 1 N–H and O–H groups in total. The van der Waals surface area contributed by atoms with Crippen molar-refractivity contribution in [2.24, 2.45) is 13.0 Å². The molecule has 4 heteroatoms. The molecule has 0 saturated heterocycles. The lowest BCUT2D eigenvalue weighted by Crippen LogP contribution is -2.32. The molecule has 2 unspecified atom stereocenters. The fourth-order valence-electron chi connectivity index (χ4n) is 2.52. The van der Waals surface area contributed by atoms with Gasteiger partial charge in [0.05, 0.1) is 0 Å². The molecule has 0 spiro atoms. The van der Waals surface area contributed by atoms with Gasteiger partial charge in [-0.2, -0.15) is 0 Å². The van der Waals surface area contributed by atoms with Gasteiger partial charge >= 0.3 is 0 Å². The number of nitrogens with one attached hydrogen (secondary N) is 1. The molecule has 0 aromatic carbocycles. The first-order valence-electron chi connectivity index (χ1n) is 6.58. The lowest BCUT2D eigenvalue weighted by molar-refractivity contribution is 0.349. The topological polar surface area (TPSA) is 29.9 Å². The van der Waals surface area contributed by atoms with Crippen LogP contribution in [0.15, 0.2) is 12.4 Å². The first kappa shape index (κ1) is 12.9. The summed E-state index contributed by atoms with van der Waals surface area (Å²) in [5, 5.41) is 3.89. The molecule has 1 aromatic rings. The van der Waals surface area contributed by atoms with Crippen molar-refractivity contribution in [1.29, 1.82) is 0 Å². The Balaban J connectivity index is 1.64. The van der Waals surface area contributed by atoms with Crippen molar-refractivity contribution in [3.8, 4) is 0 Å². The molecule has 1 heterocycles. The quantitative estimate of drug-likeness (QED) is 0.647. The summed E-state index contributed by atoms with van der Waals surface area (Å²) in [5.74, 6) is 1.80. The number of alkyl halides is 1. The molecule has 0 amide bonds. The molecular weight excluding hydrogens is 234 g/mol. The normalized spacial score (nSPS) is 25.1. The fraction of sp³-hybridized carbons (Fsp3) is 0.769. The number of rotatable bonds is 5. The summed E-state index contributed by atoms with van der Waals surface area (Å²) in [7, 11) is 2.04. The van der Waals surface area contributed by atoms with Gasteiger partial charge in [0.15, 0.2) is 0 Å². The van der Waals surface area contributed by atoms with Crippen LogP contribution in [0.4, 0.5) is 0 Å². The van der Waals surface area contributed by atoms with E-state index in [9.17, 15) is 0 Å². The first-order valence-corrected chi connectivity index (χ1v) is 7.02. The van der Waals surface area contributed by atoms with E-state index in [-0.39, 0.29) is 0 Å². The van der Waals surface area contributed by atoms with E-state index < -0.39 is 0 Å². The number of aryl methyl sites for hydroxylation is 1. The average Bonchev–Trinajstić information content (AvgIpc) is 2.73. The Labute approximate surface area is 109 Å². The summed E-state index contributed by atoms with van der Waals surface area (Å²) >= 11 is 6.33. The van der Waals surface area contributed by atoms with Crippen molar-refractivity contribution < 1.29 is 0 Å². The van der Waals surface area contributed by atoms with Gasteiger partial charge in [0.1, 0.15) is 5.82 Å². The molecule has 96 valence electrons. The van der Waals surface area contributed by atoms with Crippen LogP contribution in [0.2, 0.25) is 0 Å². The monoisotopic (exact) mass is 255 g/mol. The van der Waals surface area contributed by atoms with E-state index in [2.05, 4.69) is 14.9 Å². The van der Waals surface area contributed by atoms with Gasteiger partial charge < -0.3 is 9.88 Å². The summed E-state index contributed by atoms with van der Waals surface area (Å²) in [6.45, 7) is 2.05. The summed E-state index contributed by atoms with van der Waals surface area (Å²) in [6, 6.07) is 0. The minimum absolute atomic E-state index is 0.379. The Bertz CT molecular complexity index is 337. The van der Waals surface area contributed by atoms with Crippen LogP contribution in [0.5, 0.6) is 0 Å². The Morgan fingerprint density at radius 1 is 1.47 bits per heavy atom. The maximum atomic E-state index is 6.33. The maximum absolute atomic E-state index is 6.33. The number of hydrogen-bond acceptors (Lipinski definition) is 2. The minimum atomic E-state index is 0.379. The number of imidazole rings is 1. The van der Waals surface area contributed by atoms with Crippen molar-refractivity contribution in [1.82, 2.24) is 14.9 Å². The number of nitrogens with zero attached hydrogens (tertiary/aromatic N) is 2. The van der Waals surface area contributed by atoms with E-state index in [4.69, 9.17) is 11.6 Å².